The van der Waals surface area contributed by atoms with Gasteiger partial charge in [0.1, 0.15) is 22.4 Å². The molecule has 0 radical (unpaired) electrons. The average molecular weight is 547 g/mol. The lowest BCUT2D eigenvalue weighted by atomic mass is 9.71. The summed E-state index contributed by atoms with van der Waals surface area (Å²) in [5, 5.41) is 38.3. The highest BCUT2D eigenvalue weighted by molar-refractivity contribution is 7.21. The maximum Gasteiger partial charge on any atom is 0.224 e. The van der Waals surface area contributed by atoms with Crippen molar-refractivity contribution < 1.29 is 15.3 Å². The van der Waals surface area contributed by atoms with E-state index in [2.05, 4.69) is 45.9 Å². The second kappa shape index (κ2) is 10.8. The zero-order valence-electron chi connectivity index (χ0n) is 22.1. The fourth-order valence-corrected chi connectivity index (χ4v) is 6.97. The van der Waals surface area contributed by atoms with Crippen LogP contribution in [0.5, 0.6) is 0 Å². The van der Waals surface area contributed by atoms with E-state index in [1.165, 1.54) is 5.56 Å². The van der Waals surface area contributed by atoms with Crippen LogP contribution in [0.1, 0.15) is 42.1 Å². The lowest BCUT2D eigenvalue weighted by Gasteiger charge is -2.35. The molecule has 3 heterocycles. The van der Waals surface area contributed by atoms with Gasteiger partial charge in [0, 0.05) is 25.3 Å². The number of pyridine rings is 1. The summed E-state index contributed by atoms with van der Waals surface area (Å²) in [7, 11) is 0. The van der Waals surface area contributed by atoms with Crippen molar-refractivity contribution in [2.75, 3.05) is 23.8 Å². The summed E-state index contributed by atoms with van der Waals surface area (Å²) in [6.45, 7) is 4.48. The molecule has 4 atom stereocenters. The molecule has 2 aliphatic rings. The summed E-state index contributed by atoms with van der Waals surface area (Å²) < 4.78 is 1.03. The molecule has 0 amide bonds. The van der Waals surface area contributed by atoms with Crippen molar-refractivity contribution >= 4 is 33.3 Å². The van der Waals surface area contributed by atoms with Gasteiger partial charge in [-0.3, -0.25) is 4.98 Å². The third-order valence-electron chi connectivity index (χ3n) is 8.21. The summed E-state index contributed by atoms with van der Waals surface area (Å²) >= 11 is 1.55. The van der Waals surface area contributed by atoms with E-state index >= 15 is 0 Å². The minimum atomic E-state index is -1.02. The van der Waals surface area contributed by atoms with Gasteiger partial charge < -0.3 is 26.0 Å². The van der Waals surface area contributed by atoms with E-state index < -0.39 is 24.2 Å². The molecule has 0 unspecified atom stereocenters. The standard InChI is InChI=1S/C29H34N6O3S/c1-15-23(28-34-24-16(2)30-9-8-22(24)39-28)27(33-21-12-20(14-36)25(37)26(21)38)35-29(32-15)31-13-17-10-19(11-17)18-6-4-3-5-7-18/h3-9,17,19-21,25-26,36-38H,10-14H2,1-2H3,(H2,31,32,33,35)/t17?,19?,20-,21-,25-,26+/m1/s1. The van der Waals surface area contributed by atoms with Crippen LogP contribution >= 0.6 is 11.3 Å². The Morgan fingerprint density at radius 1 is 0.949 bits per heavy atom. The first-order valence-corrected chi connectivity index (χ1v) is 14.4. The molecule has 5 N–H and O–H groups in total. The van der Waals surface area contributed by atoms with Crippen LogP contribution < -0.4 is 10.6 Å². The quantitative estimate of drug-likeness (QED) is 0.223. The fourth-order valence-electron chi connectivity index (χ4n) is 5.86. The van der Waals surface area contributed by atoms with Gasteiger partial charge in [-0.15, -0.1) is 11.3 Å². The first-order valence-electron chi connectivity index (χ1n) is 13.5. The van der Waals surface area contributed by atoms with Gasteiger partial charge in [0.25, 0.3) is 0 Å². The number of rotatable bonds is 8. The van der Waals surface area contributed by atoms with Crippen molar-refractivity contribution in [1.29, 1.82) is 0 Å². The molecule has 10 heteroatoms. The zero-order chi connectivity index (χ0) is 27.1. The Balaban J connectivity index is 1.26. The van der Waals surface area contributed by atoms with Crippen molar-refractivity contribution in [3.05, 3.63) is 59.5 Å². The van der Waals surface area contributed by atoms with Gasteiger partial charge in [-0.05, 0) is 56.6 Å². The van der Waals surface area contributed by atoms with Crippen molar-refractivity contribution in [2.24, 2.45) is 11.8 Å². The predicted octanol–water partition coefficient (Wildman–Crippen LogP) is 3.89. The van der Waals surface area contributed by atoms with Crippen LogP contribution in [0.3, 0.4) is 0 Å². The normalized spacial score (nSPS) is 26.5. The Morgan fingerprint density at radius 2 is 1.74 bits per heavy atom. The number of hydrogen-bond donors (Lipinski definition) is 5. The second-order valence-electron chi connectivity index (χ2n) is 10.9. The minimum Gasteiger partial charge on any atom is -0.396 e. The summed E-state index contributed by atoms with van der Waals surface area (Å²) in [4.78, 5) is 18.9. The largest absolute Gasteiger partial charge is 0.396 e. The Kier molecular flexibility index (Phi) is 7.20. The predicted molar refractivity (Wildman–Crippen MR) is 153 cm³/mol. The molecule has 2 saturated carbocycles. The second-order valence-corrected chi connectivity index (χ2v) is 11.9. The van der Waals surface area contributed by atoms with Crippen LogP contribution in [0, 0.1) is 25.7 Å². The van der Waals surface area contributed by atoms with Crippen LogP contribution in [-0.4, -0.2) is 66.7 Å². The van der Waals surface area contributed by atoms with Crippen LogP contribution in [0.15, 0.2) is 42.6 Å². The molecule has 0 aliphatic heterocycles. The van der Waals surface area contributed by atoms with Gasteiger partial charge >= 0.3 is 0 Å². The molecule has 1 aromatic carbocycles. The SMILES string of the molecule is Cc1nc(NCC2CC(c3ccccc3)C2)nc(N[C@@H]2C[C@H](CO)[C@@H](O)[C@H]2O)c1-c1nc2c(C)nccc2s1. The van der Waals surface area contributed by atoms with Gasteiger partial charge in [0.2, 0.25) is 5.95 Å². The number of hydrogen-bond acceptors (Lipinski definition) is 10. The lowest BCUT2D eigenvalue weighted by Crippen LogP contribution is -2.36. The number of aromatic nitrogens is 4. The number of aryl methyl sites for hydroxylation is 2. The van der Waals surface area contributed by atoms with Crippen LogP contribution in [-0.2, 0) is 0 Å². The van der Waals surface area contributed by atoms with Crippen molar-refractivity contribution in [3.8, 4) is 10.6 Å². The Hall–Kier alpha value is -3.18. The summed E-state index contributed by atoms with van der Waals surface area (Å²) in [6, 6.07) is 12.1. The highest BCUT2D eigenvalue weighted by Crippen LogP contribution is 2.42. The molecule has 39 heavy (non-hydrogen) atoms. The topological polar surface area (TPSA) is 136 Å². The Morgan fingerprint density at radius 3 is 2.46 bits per heavy atom. The molecular formula is C29H34N6O3S. The third kappa shape index (κ3) is 5.09. The van der Waals surface area contributed by atoms with Crippen LogP contribution in [0.4, 0.5) is 11.8 Å². The maximum absolute atomic E-state index is 10.7. The van der Waals surface area contributed by atoms with Crippen LogP contribution in [0.25, 0.3) is 20.8 Å². The number of thiazole rings is 1. The first kappa shape index (κ1) is 26.1. The van der Waals surface area contributed by atoms with Crippen molar-refractivity contribution in [1.82, 2.24) is 19.9 Å². The number of nitrogens with one attached hydrogen (secondary N) is 2. The van der Waals surface area contributed by atoms with Gasteiger partial charge in [0.05, 0.1) is 33.8 Å². The number of anilines is 2. The number of fused-ring (bicyclic) bond motifs is 1. The zero-order valence-corrected chi connectivity index (χ0v) is 22.9. The third-order valence-corrected chi connectivity index (χ3v) is 9.25. The van der Waals surface area contributed by atoms with E-state index in [1.54, 1.807) is 17.5 Å². The molecule has 3 aromatic heterocycles. The van der Waals surface area contributed by atoms with E-state index in [4.69, 9.17) is 15.0 Å². The first-order chi connectivity index (χ1) is 18.9. The van der Waals surface area contributed by atoms with Gasteiger partial charge in [0.15, 0.2) is 0 Å². The molecule has 0 spiro atoms. The van der Waals surface area contributed by atoms with Gasteiger partial charge in [-0.1, -0.05) is 30.3 Å². The smallest absolute Gasteiger partial charge is 0.224 e. The monoisotopic (exact) mass is 546 g/mol. The van der Waals surface area contributed by atoms with Crippen molar-refractivity contribution in [3.63, 3.8) is 0 Å². The molecule has 4 aromatic rings. The summed E-state index contributed by atoms with van der Waals surface area (Å²) in [5.41, 5.74) is 4.64. The molecule has 6 rings (SSSR count). The lowest BCUT2D eigenvalue weighted by molar-refractivity contribution is 0.00446. The van der Waals surface area contributed by atoms with Gasteiger partial charge in [-0.25, -0.2) is 9.97 Å². The number of aliphatic hydroxyl groups is 3. The average Bonchev–Trinajstić information content (AvgIpc) is 3.45. The molecule has 0 bridgehead atoms. The molecule has 2 aliphatic carbocycles. The molecular weight excluding hydrogens is 512 g/mol. The fraction of sp³-hybridized carbons (Fsp3) is 0.448. The van der Waals surface area contributed by atoms with E-state index in [0.29, 0.717) is 30.0 Å². The molecule has 9 nitrogen and oxygen atoms in total. The van der Waals surface area contributed by atoms with Gasteiger partial charge in [-0.2, -0.15) is 4.98 Å². The Labute approximate surface area is 231 Å². The number of aliphatic hydroxyl groups excluding tert-OH is 3. The highest BCUT2D eigenvalue weighted by Gasteiger charge is 2.41. The molecule has 204 valence electrons. The van der Waals surface area contributed by atoms with Crippen molar-refractivity contribution in [2.45, 2.75) is 57.3 Å². The summed E-state index contributed by atoms with van der Waals surface area (Å²) in [6.07, 6.45) is 2.45. The molecule has 2 fully saturated rings. The highest BCUT2D eigenvalue weighted by atomic mass is 32.1. The van der Waals surface area contributed by atoms with E-state index in [9.17, 15) is 15.3 Å². The molecule has 0 saturated heterocycles. The van der Waals surface area contributed by atoms with E-state index in [0.717, 1.165) is 51.6 Å². The van der Waals surface area contributed by atoms with E-state index in [1.807, 2.05) is 19.9 Å². The van der Waals surface area contributed by atoms with Crippen LogP contribution in [0.2, 0.25) is 0 Å². The maximum atomic E-state index is 10.7. The van der Waals surface area contributed by atoms with E-state index in [-0.39, 0.29) is 6.61 Å². The number of nitrogens with zero attached hydrogens (tertiary/aromatic N) is 4. The summed E-state index contributed by atoms with van der Waals surface area (Å²) in [5.74, 6) is 1.83. The minimum absolute atomic E-state index is 0.186. The number of benzene rings is 1. The Bertz CT molecular complexity index is 1460.